The summed E-state index contributed by atoms with van der Waals surface area (Å²) in [6, 6.07) is 8.41. The van der Waals surface area contributed by atoms with Crippen LogP contribution in [-0.4, -0.2) is 29.2 Å². The first-order valence-corrected chi connectivity index (χ1v) is 5.40. The molecule has 0 amide bonds. The van der Waals surface area contributed by atoms with E-state index in [1.807, 2.05) is 6.08 Å². The van der Waals surface area contributed by atoms with E-state index in [9.17, 15) is 5.11 Å². The van der Waals surface area contributed by atoms with E-state index in [4.69, 9.17) is 0 Å². The molecule has 80 valence electrons. The molecule has 2 nitrogen and oxygen atoms in total. The lowest BCUT2D eigenvalue weighted by molar-refractivity contribution is 0.175. The van der Waals surface area contributed by atoms with Crippen LogP contribution >= 0.6 is 0 Å². The maximum absolute atomic E-state index is 9.40. The molecule has 0 saturated carbocycles. The summed E-state index contributed by atoms with van der Waals surface area (Å²) in [5, 5.41) is 9.40. The Labute approximate surface area is 90.8 Å². The highest BCUT2D eigenvalue weighted by Gasteiger charge is 2.19. The molecule has 1 N–H and O–H groups in total. The van der Waals surface area contributed by atoms with E-state index >= 15 is 0 Å². The standard InChI is InChI=1S/C13H17NO/c1-2-11-3-5-12(6-4-11)9-14-8-7-13(15)10-14/h2-6,13,15H,1,7-10H2. The number of nitrogens with zero attached hydrogens (tertiary/aromatic N) is 1. The van der Waals surface area contributed by atoms with E-state index in [1.165, 1.54) is 5.56 Å². The average Bonchev–Trinajstić information content (AvgIpc) is 2.65. The molecule has 15 heavy (non-hydrogen) atoms. The van der Waals surface area contributed by atoms with E-state index < -0.39 is 0 Å². The Kier molecular flexibility index (Phi) is 3.19. The van der Waals surface area contributed by atoms with Crippen LogP contribution in [0.1, 0.15) is 17.5 Å². The fourth-order valence-electron chi connectivity index (χ4n) is 1.97. The van der Waals surface area contributed by atoms with Crippen LogP contribution in [0.25, 0.3) is 6.08 Å². The molecule has 0 spiro atoms. The number of aliphatic hydroxyl groups is 1. The van der Waals surface area contributed by atoms with Gasteiger partial charge in [-0.15, -0.1) is 0 Å². The normalized spacial score (nSPS) is 21.8. The predicted molar refractivity (Wildman–Crippen MR) is 62.4 cm³/mol. The second-order valence-corrected chi connectivity index (χ2v) is 4.12. The van der Waals surface area contributed by atoms with Crippen molar-refractivity contribution in [3.63, 3.8) is 0 Å². The van der Waals surface area contributed by atoms with Gasteiger partial charge in [0.1, 0.15) is 0 Å². The molecule has 2 rings (SSSR count). The minimum absolute atomic E-state index is 0.127. The van der Waals surface area contributed by atoms with Gasteiger partial charge >= 0.3 is 0 Å². The van der Waals surface area contributed by atoms with E-state index in [-0.39, 0.29) is 6.10 Å². The van der Waals surface area contributed by atoms with Crippen LogP contribution in [-0.2, 0) is 6.54 Å². The lowest BCUT2D eigenvalue weighted by Crippen LogP contribution is -2.21. The van der Waals surface area contributed by atoms with Crippen LogP contribution < -0.4 is 0 Å². The molecular weight excluding hydrogens is 186 g/mol. The summed E-state index contributed by atoms with van der Waals surface area (Å²) in [4.78, 5) is 2.29. The van der Waals surface area contributed by atoms with Crippen molar-refractivity contribution >= 4 is 6.08 Å². The first kappa shape index (κ1) is 10.4. The molecule has 0 aliphatic carbocycles. The van der Waals surface area contributed by atoms with Gasteiger partial charge in [0.15, 0.2) is 0 Å². The van der Waals surface area contributed by atoms with Crippen molar-refractivity contribution in [1.29, 1.82) is 0 Å². The Hall–Kier alpha value is -1.12. The maximum Gasteiger partial charge on any atom is 0.0679 e. The minimum atomic E-state index is -0.127. The fraction of sp³-hybridized carbons (Fsp3) is 0.385. The van der Waals surface area contributed by atoms with Gasteiger partial charge in [0.2, 0.25) is 0 Å². The first-order chi connectivity index (χ1) is 7.28. The first-order valence-electron chi connectivity index (χ1n) is 5.40. The quantitative estimate of drug-likeness (QED) is 0.811. The molecule has 1 fully saturated rings. The van der Waals surface area contributed by atoms with Crippen LogP contribution in [0.3, 0.4) is 0 Å². The summed E-state index contributed by atoms with van der Waals surface area (Å²) in [5.41, 5.74) is 2.45. The lowest BCUT2D eigenvalue weighted by atomic mass is 10.1. The highest BCUT2D eigenvalue weighted by atomic mass is 16.3. The summed E-state index contributed by atoms with van der Waals surface area (Å²) in [5.74, 6) is 0. The highest BCUT2D eigenvalue weighted by molar-refractivity contribution is 5.47. The Morgan fingerprint density at radius 3 is 2.67 bits per heavy atom. The summed E-state index contributed by atoms with van der Waals surface area (Å²) in [6.07, 6.45) is 2.63. The smallest absolute Gasteiger partial charge is 0.0679 e. The number of hydrogen-bond acceptors (Lipinski definition) is 2. The minimum Gasteiger partial charge on any atom is -0.392 e. The van der Waals surface area contributed by atoms with Gasteiger partial charge in [0.05, 0.1) is 6.10 Å². The molecule has 1 aliphatic heterocycles. The van der Waals surface area contributed by atoms with E-state index in [2.05, 4.69) is 35.7 Å². The van der Waals surface area contributed by atoms with Crippen molar-refractivity contribution < 1.29 is 5.11 Å². The number of benzene rings is 1. The van der Waals surface area contributed by atoms with Crippen molar-refractivity contribution in [3.05, 3.63) is 42.0 Å². The summed E-state index contributed by atoms with van der Waals surface area (Å²) < 4.78 is 0. The summed E-state index contributed by atoms with van der Waals surface area (Å²) in [7, 11) is 0. The van der Waals surface area contributed by atoms with Crippen molar-refractivity contribution in [1.82, 2.24) is 4.90 Å². The van der Waals surface area contributed by atoms with Crippen molar-refractivity contribution in [2.45, 2.75) is 19.1 Å². The van der Waals surface area contributed by atoms with Gasteiger partial charge in [0, 0.05) is 19.6 Å². The predicted octanol–water partition coefficient (Wildman–Crippen LogP) is 1.90. The zero-order valence-corrected chi connectivity index (χ0v) is 8.89. The molecule has 1 saturated heterocycles. The van der Waals surface area contributed by atoms with Gasteiger partial charge in [-0.25, -0.2) is 0 Å². The summed E-state index contributed by atoms with van der Waals surface area (Å²) in [6.45, 7) is 6.48. The average molecular weight is 203 g/mol. The number of β-amino-alcohol motifs (C(OH)–C–C–N with tert-alkyl or cyclic N) is 1. The van der Waals surface area contributed by atoms with Gasteiger partial charge in [-0.05, 0) is 17.5 Å². The van der Waals surface area contributed by atoms with Crippen molar-refractivity contribution in [2.75, 3.05) is 13.1 Å². The Morgan fingerprint density at radius 2 is 2.13 bits per heavy atom. The van der Waals surface area contributed by atoms with Gasteiger partial charge < -0.3 is 5.11 Å². The monoisotopic (exact) mass is 203 g/mol. The second kappa shape index (κ2) is 4.60. The molecule has 0 aromatic heterocycles. The van der Waals surface area contributed by atoms with Crippen LogP contribution in [0.4, 0.5) is 0 Å². The maximum atomic E-state index is 9.40. The SMILES string of the molecule is C=Cc1ccc(CN2CCC(O)C2)cc1. The van der Waals surface area contributed by atoms with Crippen molar-refractivity contribution in [3.8, 4) is 0 Å². The number of rotatable bonds is 3. The third kappa shape index (κ3) is 2.67. The molecular formula is C13H17NO. The molecule has 1 unspecified atom stereocenters. The third-order valence-electron chi connectivity index (χ3n) is 2.87. The van der Waals surface area contributed by atoms with Gasteiger partial charge in [-0.1, -0.05) is 36.9 Å². The molecule has 1 heterocycles. The van der Waals surface area contributed by atoms with Crippen LogP contribution in [0.2, 0.25) is 0 Å². The van der Waals surface area contributed by atoms with Crippen LogP contribution in [0.5, 0.6) is 0 Å². The number of hydrogen-bond donors (Lipinski definition) is 1. The lowest BCUT2D eigenvalue weighted by Gasteiger charge is -2.14. The zero-order valence-electron chi connectivity index (χ0n) is 8.89. The number of likely N-dealkylation sites (tertiary alicyclic amines) is 1. The van der Waals surface area contributed by atoms with Gasteiger partial charge in [-0.2, -0.15) is 0 Å². The molecule has 1 aromatic carbocycles. The topological polar surface area (TPSA) is 23.5 Å². The van der Waals surface area contributed by atoms with Crippen LogP contribution in [0, 0.1) is 0 Å². The Morgan fingerprint density at radius 1 is 1.40 bits per heavy atom. The fourth-order valence-corrected chi connectivity index (χ4v) is 1.97. The van der Waals surface area contributed by atoms with Crippen LogP contribution in [0.15, 0.2) is 30.8 Å². The van der Waals surface area contributed by atoms with Gasteiger partial charge in [-0.3, -0.25) is 4.90 Å². The second-order valence-electron chi connectivity index (χ2n) is 4.12. The van der Waals surface area contributed by atoms with E-state index in [0.717, 1.165) is 31.6 Å². The zero-order chi connectivity index (χ0) is 10.7. The summed E-state index contributed by atoms with van der Waals surface area (Å²) >= 11 is 0. The molecule has 1 atom stereocenters. The molecule has 0 radical (unpaired) electrons. The van der Waals surface area contributed by atoms with Crippen molar-refractivity contribution in [2.24, 2.45) is 0 Å². The Bertz CT molecular complexity index is 331. The number of aliphatic hydroxyl groups excluding tert-OH is 1. The largest absolute Gasteiger partial charge is 0.392 e. The Balaban J connectivity index is 1.96. The van der Waals surface area contributed by atoms with Gasteiger partial charge in [0.25, 0.3) is 0 Å². The molecule has 1 aromatic rings. The van der Waals surface area contributed by atoms with E-state index in [0.29, 0.717) is 0 Å². The van der Waals surface area contributed by atoms with E-state index in [1.54, 1.807) is 0 Å². The third-order valence-corrected chi connectivity index (χ3v) is 2.87. The molecule has 2 heteroatoms. The highest BCUT2D eigenvalue weighted by Crippen LogP contribution is 2.14. The molecule has 0 bridgehead atoms. The molecule has 1 aliphatic rings.